The van der Waals surface area contributed by atoms with E-state index >= 15 is 0 Å². The summed E-state index contributed by atoms with van der Waals surface area (Å²) in [5, 5.41) is 8.96. The van der Waals surface area contributed by atoms with Crippen LogP contribution in [0.5, 0.6) is 0 Å². The highest BCUT2D eigenvalue weighted by atomic mass is 32.2. The first-order chi connectivity index (χ1) is 8.22. The van der Waals surface area contributed by atoms with Crippen LogP contribution in [0, 0.1) is 11.3 Å². The van der Waals surface area contributed by atoms with Crippen LogP contribution in [0.3, 0.4) is 0 Å². The van der Waals surface area contributed by atoms with Gasteiger partial charge in [0.25, 0.3) is 10.1 Å². The van der Waals surface area contributed by atoms with E-state index in [0.717, 1.165) is 6.26 Å². The van der Waals surface area contributed by atoms with Crippen LogP contribution in [-0.4, -0.2) is 51.5 Å². The van der Waals surface area contributed by atoms with Gasteiger partial charge in [-0.25, -0.2) is 0 Å². The van der Waals surface area contributed by atoms with E-state index in [9.17, 15) is 8.42 Å². The van der Waals surface area contributed by atoms with Crippen molar-refractivity contribution in [2.24, 2.45) is 0 Å². The minimum absolute atomic E-state index is 0.183. The highest BCUT2D eigenvalue weighted by Gasteiger charge is 2.55. The van der Waals surface area contributed by atoms with Crippen LogP contribution in [0.1, 0.15) is 13.8 Å². The largest absolute Gasteiger partial charge is 0.352 e. The van der Waals surface area contributed by atoms with Gasteiger partial charge in [-0.2, -0.15) is 13.7 Å². The Morgan fingerprint density at radius 1 is 1.33 bits per heavy atom. The summed E-state index contributed by atoms with van der Waals surface area (Å²) in [6.45, 7) is 3.28. The first kappa shape index (κ1) is 13.7. The summed E-state index contributed by atoms with van der Waals surface area (Å²) in [5.41, 5.74) is 0. The molecule has 4 atom stereocenters. The Morgan fingerprint density at radius 2 is 1.94 bits per heavy atom. The smallest absolute Gasteiger partial charge is 0.264 e. The molecule has 7 nitrogen and oxygen atoms in total. The molecule has 0 spiro atoms. The molecule has 2 fully saturated rings. The van der Waals surface area contributed by atoms with Gasteiger partial charge in [-0.3, -0.25) is 4.18 Å². The zero-order valence-electron chi connectivity index (χ0n) is 10.3. The normalized spacial score (nSPS) is 38.3. The van der Waals surface area contributed by atoms with Gasteiger partial charge in [0.1, 0.15) is 18.3 Å². The van der Waals surface area contributed by atoms with E-state index < -0.39 is 40.3 Å². The molecule has 18 heavy (non-hydrogen) atoms. The van der Waals surface area contributed by atoms with Gasteiger partial charge in [-0.15, -0.1) is 0 Å². The Kier molecular flexibility index (Phi) is 3.38. The first-order valence-electron chi connectivity index (χ1n) is 5.47. The van der Waals surface area contributed by atoms with Crippen LogP contribution in [0.2, 0.25) is 0 Å². The predicted molar refractivity (Wildman–Crippen MR) is 58.9 cm³/mol. The molecular formula is C10H15NO6S. The molecule has 2 saturated heterocycles. The lowest BCUT2D eigenvalue weighted by Crippen LogP contribution is -2.33. The number of fused-ring (bicyclic) bond motifs is 1. The molecule has 0 N–H and O–H groups in total. The van der Waals surface area contributed by atoms with Gasteiger partial charge in [-0.1, -0.05) is 0 Å². The monoisotopic (exact) mass is 277 g/mol. The summed E-state index contributed by atoms with van der Waals surface area (Å²) in [5.74, 6) is -0.808. The van der Waals surface area contributed by atoms with Crippen molar-refractivity contribution in [3.63, 3.8) is 0 Å². The molecule has 102 valence electrons. The van der Waals surface area contributed by atoms with Crippen LogP contribution in [0.25, 0.3) is 0 Å². The first-order valence-corrected chi connectivity index (χ1v) is 7.29. The molecule has 2 rings (SSSR count). The molecule has 1 unspecified atom stereocenters. The summed E-state index contributed by atoms with van der Waals surface area (Å²) in [7, 11) is -3.55. The third-order valence-electron chi connectivity index (χ3n) is 2.72. The number of hydrogen-bond acceptors (Lipinski definition) is 7. The van der Waals surface area contributed by atoms with Gasteiger partial charge in [0.15, 0.2) is 11.9 Å². The molecule has 0 aromatic rings. The maximum atomic E-state index is 10.9. The van der Waals surface area contributed by atoms with Gasteiger partial charge in [0.2, 0.25) is 0 Å². The van der Waals surface area contributed by atoms with Crippen molar-refractivity contribution < 1.29 is 26.8 Å². The minimum atomic E-state index is -3.55. The summed E-state index contributed by atoms with van der Waals surface area (Å²) in [6, 6.07) is 1.97. The number of rotatable bonds is 3. The van der Waals surface area contributed by atoms with E-state index in [0.29, 0.717) is 0 Å². The van der Waals surface area contributed by atoms with Crippen molar-refractivity contribution in [2.75, 3.05) is 12.9 Å². The quantitative estimate of drug-likeness (QED) is 0.658. The summed E-state index contributed by atoms with van der Waals surface area (Å²) < 4.78 is 43.1. The van der Waals surface area contributed by atoms with E-state index in [-0.39, 0.29) is 6.61 Å². The fraction of sp³-hybridized carbons (Fsp3) is 0.900. The van der Waals surface area contributed by atoms with E-state index in [1.54, 1.807) is 13.8 Å². The Labute approximate surface area is 106 Å². The number of ether oxygens (including phenoxy) is 3. The lowest BCUT2D eigenvalue weighted by Gasteiger charge is -2.22. The molecule has 0 saturated carbocycles. The summed E-state index contributed by atoms with van der Waals surface area (Å²) in [6.07, 6.45) is -1.46. The number of hydrogen-bond donors (Lipinski definition) is 0. The molecule has 0 radical (unpaired) electrons. The molecule has 8 heteroatoms. The van der Waals surface area contributed by atoms with E-state index in [1.165, 1.54) is 0 Å². The van der Waals surface area contributed by atoms with Crippen molar-refractivity contribution >= 4 is 10.1 Å². The Balaban J connectivity index is 2.07. The van der Waals surface area contributed by atoms with Crippen LogP contribution in [-0.2, 0) is 28.5 Å². The molecule has 0 bridgehead atoms. The zero-order chi connectivity index (χ0) is 13.6. The van der Waals surface area contributed by atoms with Gasteiger partial charge < -0.3 is 14.2 Å². The molecule has 2 heterocycles. The van der Waals surface area contributed by atoms with Crippen molar-refractivity contribution in [3.05, 3.63) is 0 Å². The maximum absolute atomic E-state index is 10.9. The Bertz CT molecular complexity index is 467. The molecule has 0 aromatic heterocycles. The topological polar surface area (TPSA) is 94.9 Å². The van der Waals surface area contributed by atoms with E-state index in [1.807, 2.05) is 6.07 Å². The number of nitriles is 1. The fourth-order valence-corrected chi connectivity index (χ4v) is 2.49. The molecule has 2 aliphatic rings. The van der Waals surface area contributed by atoms with Crippen LogP contribution >= 0.6 is 0 Å². The van der Waals surface area contributed by atoms with Crippen LogP contribution in [0.4, 0.5) is 0 Å². The number of nitrogens with zero attached hydrogens (tertiary/aromatic N) is 1. The molecule has 2 aliphatic heterocycles. The van der Waals surface area contributed by atoms with Crippen molar-refractivity contribution in [1.29, 1.82) is 5.26 Å². The average Bonchev–Trinajstić information content (AvgIpc) is 2.67. The van der Waals surface area contributed by atoms with E-state index in [2.05, 4.69) is 4.18 Å². The maximum Gasteiger partial charge on any atom is 0.264 e. The lowest BCUT2D eigenvalue weighted by atomic mass is 10.1. The third kappa shape index (κ3) is 2.81. The van der Waals surface area contributed by atoms with Crippen molar-refractivity contribution in [2.45, 2.75) is 44.1 Å². The fourth-order valence-electron chi connectivity index (χ4n) is 2.11. The van der Waals surface area contributed by atoms with Crippen LogP contribution < -0.4 is 0 Å². The predicted octanol–water partition coefficient (Wildman–Crippen LogP) is -0.226. The SMILES string of the molecule is CC1(C)OC2[C@H](C#N)O[C@H](COS(C)(=O)=O)[C@H]2O1. The van der Waals surface area contributed by atoms with Crippen molar-refractivity contribution in [1.82, 2.24) is 0 Å². The van der Waals surface area contributed by atoms with Crippen molar-refractivity contribution in [3.8, 4) is 6.07 Å². The summed E-state index contributed by atoms with van der Waals surface area (Å²) in [4.78, 5) is 0. The standard InChI is InChI=1S/C10H15NO6S/c1-10(2)16-8-6(4-11)15-7(9(8)17-10)5-14-18(3,12)13/h6-9H,5H2,1-3H3/t6-,7+,8?,9+/m0/s1. The zero-order valence-corrected chi connectivity index (χ0v) is 11.1. The highest BCUT2D eigenvalue weighted by Crippen LogP contribution is 2.38. The van der Waals surface area contributed by atoms with E-state index in [4.69, 9.17) is 19.5 Å². The minimum Gasteiger partial charge on any atom is -0.352 e. The third-order valence-corrected chi connectivity index (χ3v) is 3.29. The average molecular weight is 277 g/mol. The molecular weight excluding hydrogens is 262 g/mol. The van der Waals surface area contributed by atoms with Gasteiger partial charge >= 0.3 is 0 Å². The van der Waals surface area contributed by atoms with Gasteiger partial charge in [-0.05, 0) is 13.8 Å². The molecule has 0 aromatic carbocycles. The highest BCUT2D eigenvalue weighted by molar-refractivity contribution is 7.85. The second-order valence-electron chi connectivity index (χ2n) is 4.78. The Morgan fingerprint density at radius 3 is 2.50 bits per heavy atom. The lowest BCUT2D eigenvalue weighted by molar-refractivity contribution is -0.183. The summed E-state index contributed by atoms with van der Waals surface area (Å²) >= 11 is 0. The van der Waals surface area contributed by atoms with Gasteiger partial charge in [0.05, 0.1) is 18.9 Å². The van der Waals surface area contributed by atoms with Crippen LogP contribution in [0.15, 0.2) is 0 Å². The Hall–Kier alpha value is -0.720. The molecule has 0 aliphatic carbocycles. The second-order valence-corrected chi connectivity index (χ2v) is 6.42. The molecule has 0 amide bonds. The van der Waals surface area contributed by atoms with Gasteiger partial charge in [0, 0.05) is 0 Å². The second kappa shape index (κ2) is 4.43.